The number of rotatable bonds is 5. The molecule has 22 heavy (non-hydrogen) atoms. The first kappa shape index (κ1) is 18.2. The molecular weight excluding hydrogens is 308 g/mol. The summed E-state index contributed by atoms with van der Waals surface area (Å²) in [6, 6.07) is 2.47. The standard InChI is InChI=1S/C15H21ClN2O4/c1-10-6-5-7-17-11(10)8-12(13(19)21-9-16)18-14(20)22-15(2,3)4/h5-7,12H,8-9H2,1-4H3,(H,18,20). The van der Waals surface area contributed by atoms with Crippen molar-refractivity contribution in [2.24, 2.45) is 0 Å². The van der Waals surface area contributed by atoms with Crippen LogP contribution in [0.25, 0.3) is 0 Å². The van der Waals surface area contributed by atoms with Gasteiger partial charge in [0.05, 0.1) is 0 Å². The van der Waals surface area contributed by atoms with Crippen LogP contribution in [0.4, 0.5) is 4.79 Å². The predicted octanol–water partition coefficient (Wildman–Crippen LogP) is 2.57. The Hall–Kier alpha value is -1.82. The van der Waals surface area contributed by atoms with Crippen molar-refractivity contribution in [1.82, 2.24) is 10.3 Å². The predicted molar refractivity (Wildman–Crippen MR) is 82.6 cm³/mol. The van der Waals surface area contributed by atoms with Crippen molar-refractivity contribution < 1.29 is 19.1 Å². The third kappa shape index (κ3) is 6.30. The summed E-state index contributed by atoms with van der Waals surface area (Å²) in [4.78, 5) is 28.0. The Morgan fingerprint density at radius 2 is 2.09 bits per heavy atom. The number of halogens is 1. The Balaban J connectivity index is 2.83. The summed E-state index contributed by atoms with van der Waals surface area (Å²) in [5.41, 5.74) is 0.943. The van der Waals surface area contributed by atoms with E-state index < -0.39 is 23.7 Å². The molecule has 1 N–H and O–H groups in total. The summed E-state index contributed by atoms with van der Waals surface area (Å²) >= 11 is 5.42. The molecule has 1 aromatic rings. The Bertz CT molecular complexity index is 529. The van der Waals surface area contributed by atoms with E-state index in [2.05, 4.69) is 10.3 Å². The van der Waals surface area contributed by atoms with E-state index >= 15 is 0 Å². The average molecular weight is 329 g/mol. The van der Waals surface area contributed by atoms with Gasteiger partial charge in [-0.25, -0.2) is 9.59 Å². The molecule has 0 saturated heterocycles. The molecule has 122 valence electrons. The van der Waals surface area contributed by atoms with Gasteiger partial charge < -0.3 is 14.8 Å². The summed E-state index contributed by atoms with van der Waals surface area (Å²) in [6.07, 6.45) is 1.12. The third-order valence-corrected chi connectivity index (χ3v) is 2.80. The molecular formula is C15H21ClN2O4. The van der Waals surface area contributed by atoms with Gasteiger partial charge in [-0.1, -0.05) is 17.7 Å². The fourth-order valence-corrected chi connectivity index (χ4v) is 1.83. The molecule has 0 radical (unpaired) electrons. The number of aromatic nitrogens is 1. The molecule has 0 aliphatic rings. The van der Waals surface area contributed by atoms with Gasteiger partial charge in [0.15, 0.2) is 6.07 Å². The van der Waals surface area contributed by atoms with E-state index in [-0.39, 0.29) is 12.5 Å². The van der Waals surface area contributed by atoms with Gasteiger partial charge in [-0.2, -0.15) is 0 Å². The molecule has 0 aliphatic heterocycles. The zero-order valence-corrected chi connectivity index (χ0v) is 13.9. The van der Waals surface area contributed by atoms with Gasteiger partial charge in [-0.05, 0) is 39.3 Å². The molecule has 0 bridgehead atoms. The molecule has 1 amide bonds. The van der Waals surface area contributed by atoms with E-state index in [9.17, 15) is 9.59 Å². The smallest absolute Gasteiger partial charge is 0.408 e. The number of nitrogens with one attached hydrogen (secondary N) is 1. The molecule has 1 aromatic heterocycles. The van der Waals surface area contributed by atoms with Crippen molar-refractivity contribution in [2.75, 3.05) is 6.07 Å². The number of pyridine rings is 1. The van der Waals surface area contributed by atoms with Gasteiger partial charge in [-0.15, -0.1) is 0 Å². The lowest BCUT2D eigenvalue weighted by Gasteiger charge is -2.22. The molecule has 6 nitrogen and oxygen atoms in total. The number of carbonyl (C=O) groups excluding carboxylic acids is 2. The first-order valence-electron chi connectivity index (χ1n) is 6.85. The first-order chi connectivity index (χ1) is 10.2. The van der Waals surface area contributed by atoms with Crippen LogP contribution in [-0.4, -0.2) is 34.8 Å². The van der Waals surface area contributed by atoms with Crippen LogP contribution in [-0.2, 0) is 20.7 Å². The fourth-order valence-electron chi connectivity index (χ4n) is 1.72. The minimum absolute atomic E-state index is 0.196. The van der Waals surface area contributed by atoms with Gasteiger partial charge in [-0.3, -0.25) is 4.98 Å². The van der Waals surface area contributed by atoms with Gasteiger partial charge in [0, 0.05) is 18.3 Å². The van der Waals surface area contributed by atoms with Gasteiger partial charge in [0.2, 0.25) is 0 Å². The zero-order valence-electron chi connectivity index (χ0n) is 13.2. The Morgan fingerprint density at radius 3 is 2.64 bits per heavy atom. The number of carbonyl (C=O) groups is 2. The maximum atomic E-state index is 12.0. The number of esters is 1. The van der Waals surface area contributed by atoms with E-state index in [0.717, 1.165) is 5.56 Å². The SMILES string of the molecule is Cc1cccnc1CC(NC(=O)OC(C)(C)C)C(=O)OCCl. The molecule has 0 aromatic carbocycles. The number of hydrogen-bond acceptors (Lipinski definition) is 5. The minimum Gasteiger partial charge on any atom is -0.448 e. The highest BCUT2D eigenvalue weighted by atomic mass is 35.5. The number of nitrogens with zero attached hydrogens (tertiary/aromatic N) is 1. The van der Waals surface area contributed by atoms with Crippen LogP contribution in [0.3, 0.4) is 0 Å². The van der Waals surface area contributed by atoms with Crippen molar-refractivity contribution in [3.63, 3.8) is 0 Å². The van der Waals surface area contributed by atoms with Crippen LogP contribution in [0.5, 0.6) is 0 Å². The van der Waals surface area contributed by atoms with Crippen molar-refractivity contribution in [3.8, 4) is 0 Å². The summed E-state index contributed by atoms with van der Waals surface area (Å²) in [5, 5.41) is 2.50. The molecule has 7 heteroatoms. The number of hydrogen-bond donors (Lipinski definition) is 1. The highest BCUT2D eigenvalue weighted by molar-refractivity contribution is 6.17. The van der Waals surface area contributed by atoms with Gasteiger partial charge in [0.1, 0.15) is 11.6 Å². The lowest BCUT2D eigenvalue weighted by Crippen LogP contribution is -2.45. The van der Waals surface area contributed by atoms with Crippen LogP contribution in [0.15, 0.2) is 18.3 Å². The Morgan fingerprint density at radius 1 is 1.41 bits per heavy atom. The summed E-state index contributed by atoms with van der Waals surface area (Å²) in [7, 11) is 0. The molecule has 1 heterocycles. The Kier molecular flexibility index (Phi) is 6.61. The number of amides is 1. The number of aryl methyl sites for hydroxylation is 1. The van der Waals surface area contributed by atoms with Crippen LogP contribution >= 0.6 is 11.6 Å². The van der Waals surface area contributed by atoms with Crippen molar-refractivity contribution in [3.05, 3.63) is 29.6 Å². The molecule has 0 spiro atoms. The molecule has 0 aliphatic carbocycles. The van der Waals surface area contributed by atoms with E-state index in [1.54, 1.807) is 33.0 Å². The number of ether oxygens (including phenoxy) is 2. The highest BCUT2D eigenvalue weighted by Gasteiger charge is 2.26. The lowest BCUT2D eigenvalue weighted by atomic mass is 10.1. The first-order valence-corrected chi connectivity index (χ1v) is 7.39. The molecule has 0 saturated carbocycles. The third-order valence-electron chi connectivity index (χ3n) is 2.69. The van der Waals surface area contributed by atoms with Crippen molar-refractivity contribution in [1.29, 1.82) is 0 Å². The number of alkyl halides is 1. The largest absolute Gasteiger partial charge is 0.448 e. The van der Waals surface area contributed by atoms with E-state index in [0.29, 0.717) is 5.69 Å². The summed E-state index contributed by atoms with van der Waals surface area (Å²) < 4.78 is 9.93. The summed E-state index contributed by atoms with van der Waals surface area (Å²) in [6.45, 7) is 7.09. The van der Waals surface area contributed by atoms with E-state index in [4.69, 9.17) is 21.1 Å². The molecule has 1 unspecified atom stereocenters. The fraction of sp³-hybridized carbons (Fsp3) is 0.533. The topological polar surface area (TPSA) is 77.5 Å². The second-order valence-corrected chi connectivity index (χ2v) is 5.96. The zero-order chi connectivity index (χ0) is 16.8. The second kappa shape index (κ2) is 7.98. The summed E-state index contributed by atoms with van der Waals surface area (Å²) in [5.74, 6) is -0.633. The molecule has 1 atom stereocenters. The van der Waals surface area contributed by atoms with Gasteiger partial charge in [0.25, 0.3) is 0 Å². The molecule has 1 rings (SSSR count). The maximum Gasteiger partial charge on any atom is 0.408 e. The Labute approximate surface area is 135 Å². The normalized spacial score (nSPS) is 12.4. The van der Waals surface area contributed by atoms with Crippen molar-refractivity contribution in [2.45, 2.75) is 45.8 Å². The second-order valence-electron chi connectivity index (χ2n) is 5.74. The minimum atomic E-state index is -0.915. The monoisotopic (exact) mass is 328 g/mol. The lowest BCUT2D eigenvalue weighted by molar-refractivity contribution is -0.144. The maximum absolute atomic E-state index is 12.0. The van der Waals surface area contributed by atoms with E-state index in [1.165, 1.54) is 0 Å². The van der Waals surface area contributed by atoms with Crippen LogP contribution in [0, 0.1) is 6.92 Å². The number of alkyl carbamates (subject to hydrolysis) is 1. The van der Waals surface area contributed by atoms with E-state index in [1.807, 2.05) is 13.0 Å². The molecule has 0 fully saturated rings. The van der Waals surface area contributed by atoms with Crippen LogP contribution in [0.2, 0.25) is 0 Å². The van der Waals surface area contributed by atoms with Crippen LogP contribution < -0.4 is 5.32 Å². The average Bonchev–Trinajstić information content (AvgIpc) is 2.38. The van der Waals surface area contributed by atoms with Gasteiger partial charge >= 0.3 is 12.1 Å². The van der Waals surface area contributed by atoms with Crippen LogP contribution in [0.1, 0.15) is 32.0 Å². The quantitative estimate of drug-likeness (QED) is 0.664. The highest BCUT2D eigenvalue weighted by Crippen LogP contribution is 2.10. The van der Waals surface area contributed by atoms with Crippen molar-refractivity contribution >= 4 is 23.7 Å².